The quantitative estimate of drug-likeness (QED) is 0.169. The minimum Gasteiger partial charge on any atom is -0.454 e. The molecule has 3 aromatic carbocycles. The van der Waals surface area contributed by atoms with Gasteiger partial charge in [-0.15, -0.1) is 0 Å². The van der Waals surface area contributed by atoms with Crippen LogP contribution in [-0.2, 0) is 72.0 Å². The van der Waals surface area contributed by atoms with Crippen molar-refractivity contribution in [3.8, 4) is 0 Å². The van der Waals surface area contributed by atoms with Crippen LogP contribution < -0.4 is 0 Å². The van der Waals surface area contributed by atoms with Crippen molar-refractivity contribution in [1.82, 2.24) is 0 Å². The first kappa shape index (κ1) is 43.3. The molecule has 0 aliphatic carbocycles. The molecule has 0 amide bonds. The van der Waals surface area contributed by atoms with Crippen molar-refractivity contribution in [2.75, 3.05) is 13.2 Å². The molecule has 3 aliphatic heterocycles. The second-order valence-corrected chi connectivity index (χ2v) is 17.3. The maximum absolute atomic E-state index is 13.8. The zero-order valence-corrected chi connectivity index (χ0v) is 34.4. The molecule has 57 heavy (non-hydrogen) atoms. The third-order valence-electron chi connectivity index (χ3n) is 9.76. The maximum atomic E-state index is 13.8. The largest absolute Gasteiger partial charge is 0.454 e. The fourth-order valence-corrected chi connectivity index (χ4v) is 6.99. The predicted molar refractivity (Wildman–Crippen MR) is 209 cm³/mol. The van der Waals surface area contributed by atoms with Gasteiger partial charge < -0.3 is 52.5 Å². The molecule has 0 spiro atoms. The lowest BCUT2D eigenvalue weighted by molar-refractivity contribution is -0.337. The average molecular weight is 793 g/mol. The molecule has 10 unspecified atom stereocenters. The van der Waals surface area contributed by atoms with Gasteiger partial charge in [-0.05, 0) is 72.1 Å². The van der Waals surface area contributed by atoms with Crippen LogP contribution in [0.1, 0.15) is 72.1 Å². The summed E-state index contributed by atoms with van der Waals surface area (Å²) in [5, 5.41) is 11.6. The molecule has 3 fully saturated rings. The zero-order chi connectivity index (χ0) is 40.8. The lowest BCUT2D eigenvalue weighted by Gasteiger charge is -2.47. The molecule has 0 bridgehead atoms. The van der Waals surface area contributed by atoms with Crippen molar-refractivity contribution >= 4 is 5.97 Å². The number of aliphatic hydroxyl groups excluding tert-OH is 1. The summed E-state index contributed by atoms with van der Waals surface area (Å²) >= 11 is 0. The number of benzene rings is 3. The van der Waals surface area contributed by atoms with Crippen LogP contribution in [0.15, 0.2) is 91.0 Å². The second kappa shape index (κ2) is 18.8. The number of rotatable bonds is 15. The first-order valence-corrected chi connectivity index (χ1v) is 19.8. The highest BCUT2D eigenvalue weighted by molar-refractivity contribution is 5.75. The number of carbonyl (C=O) groups is 1. The Morgan fingerprint density at radius 3 is 1.72 bits per heavy atom. The minimum absolute atomic E-state index is 0.109. The van der Waals surface area contributed by atoms with E-state index in [2.05, 4.69) is 0 Å². The van der Waals surface area contributed by atoms with Crippen LogP contribution in [0.3, 0.4) is 0 Å². The maximum Gasteiger partial charge on any atom is 0.311 e. The molecule has 0 aromatic heterocycles. The second-order valence-electron chi connectivity index (χ2n) is 17.3. The van der Waals surface area contributed by atoms with Crippen LogP contribution in [0.4, 0.5) is 0 Å². The predicted octanol–water partition coefficient (Wildman–Crippen LogP) is 6.49. The van der Waals surface area contributed by atoms with E-state index in [1.54, 1.807) is 34.6 Å². The molecule has 0 saturated carbocycles. The number of fused-ring (bicyclic) bond motifs is 1. The van der Waals surface area contributed by atoms with E-state index in [1.165, 1.54) is 0 Å². The van der Waals surface area contributed by atoms with E-state index < -0.39 is 84.2 Å². The monoisotopic (exact) mass is 792 g/mol. The summed E-state index contributed by atoms with van der Waals surface area (Å²) in [6.07, 6.45) is -9.09. The van der Waals surface area contributed by atoms with Crippen LogP contribution in [0, 0.1) is 5.41 Å². The fraction of sp³-hybridized carbons (Fsp3) is 0.578. The third-order valence-corrected chi connectivity index (χ3v) is 9.76. The van der Waals surface area contributed by atoms with Gasteiger partial charge in [0.25, 0.3) is 0 Å². The summed E-state index contributed by atoms with van der Waals surface area (Å²) in [5.74, 6) is -1.46. The first-order chi connectivity index (χ1) is 27.1. The zero-order valence-electron chi connectivity index (χ0n) is 34.4. The van der Waals surface area contributed by atoms with Gasteiger partial charge in [-0.2, -0.15) is 0 Å². The van der Waals surface area contributed by atoms with Crippen LogP contribution in [0.2, 0.25) is 0 Å². The third kappa shape index (κ3) is 11.9. The number of esters is 1. The molecule has 3 heterocycles. The van der Waals surface area contributed by atoms with Crippen molar-refractivity contribution in [1.29, 1.82) is 0 Å². The summed E-state index contributed by atoms with van der Waals surface area (Å²) in [6, 6.07) is 29.4. The van der Waals surface area contributed by atoms with Gasteiger partial charge in [-0.1, -0.05) is 91.0 Å². The Morgan fingerprint density at radius 1 is 0.649 bits per heavy atom. The van der Waals surface area contributed by atoms with Crippen molar-refractivity contribution in [3.63, 3.8) is 0 Å². The molecule has 10 atom stereocenters. The van der Waals surface area contributed by atoms with Crippen molar-refractivity contribution in [2.24, 2.45) is 5.41 Å². The molecule has 3 aromatic rings. The summed E-state index contributed by atoms with van der Waals surface area (Å²) < 4.78 is 64.3. The smallest absolute Gasteiger partial charge is 0.311 e. The van der Waals surface area contributed by atoms with Gasteiger partial charge in [0, 0.05) is 0 Å². The van der Waals surface area contributed by atoms with E-state index in [-0.39, 0.29) is 26.4 Å². The van der Waals surface area contributed by atoms with Gasteiger partial charge in [-0.25, -0.2) is 0 Å². The molecule has 6 rings (SSSR count). The van der Waals surface area contributed by atoms with Crippen LogP contribution in [0.5, 0.6) is 0 Å². The van der Waals surface area contributed by atoms with Crippen LogP contribution >= 0.6 is 0 Å². The van der Waals surface area contributed by atoms with E-state index in [0.29, 0.717) is 6.61 Å². The molecule has 12 heteroatoms. The number of hydrogen-bond acceptors (Lipinski definition) is 12. The highest BCUT2D eigenvalue weighted by atomic mass is 16.8. The molecule has 3 saturated heterocycles. The molecule has 3 aliphatic rings. The molecular weight excluding hydrogens is 732 g/mol. The lowest BCUT2D eigenvalue weighted by atomic mass is 9.95. The number of hydrogen-bond donors (Lipinski definition) is 1. The van der Waals surface area contributed by atoms with Gasteiger partial charge in [0.2, 0.25) is 0 Å². The standard InChI is InChI=1S/C45H60O12/c1-43(2,3)42(47)54-39-38(50-26-31-22-16-11-17-23-31)36(49-25-30-20-14-10-15-21-30)32(27-48-24-29-18-12-9-13-19-29)52-40(39)51-28-33-35(55-44(4,5)6)34(46)37-41(53-33)57-45(7,8)56-37/h9-23,32-41,46H,24-28H2,1-8H3. The van der Waals surface area contributed by atoms with E-state index in [0.717, 1.165) is 16.7 Å². The van der Waals surface area contributed by atoms with Gasteiger partial charge in [0.15, 0.2) is 24.5 Å². The van der Waals surface area contributed by atoms with Crippen molar-refractivity contribution in [3.05, 3.63) is 108 Å². The van der Waals surface area contributed by atoms with Crippen molar-refractivity contribution in [2.45, 2.75) is 148 Å². The van der Waals surface area contributed by atoms with E-state index in [1.807, 2.05) is 112 Å². The fourth-order valence-electron chi connectivity index (χ4n) is 6.99. The Labute approximate surface area is 336 Å². The average Bonchev–Trinajstić information content (AvgIpc) is 3.49. The first-order valence-electron chi connectivity index (χ1n) is 19.8. The topological polar surface area (TPSA) is 130 Å². The Kier molecular flexibility index (Phi) is 14.3. The Balaban J connectivity index is 1.33. The van der Waals surface area contributed by atoms with Gasteiger partial charge in [0.1, 0.15) is 42.7 Å². The number of carbonyl (C=O) groups excluding carboxylic acids is 1. The number of aliphatic hydroxyl groups is 1. The molecule has 0 radical (unpaired) electrons. The van der Waals surface area contributed by atoms with E-state index in [4.69, 9.17) is 47.4 Å². The summed E-state index contributed by atoms with van der Waals surface area (Å²) in [7, 11) is 0. The van der Waals surface area contributed by atoms with Gasteiger partial charge >= 0.3 is 5.97 Å². The Morgan fingerprint density at radius 2 is 1.18 bits per heavy atom. The number of ether oxygens (including phenoxy) is 10. The summed E-state index contributed by atoms with van der Waals surface area (Å²) in [5.41, 5.74) is 1.34. The van der Waals surface area contributed by atoms with E-state index in [9.17, 15) is 9.90 Å². The Hall–Kier alpha value is -3.27. The van der Waals surface area contributed by atoms with Gasteiger partial charge in [0.05, 0.1) is 44.1 Å². The summed E-state index contributed by atoms with van der Waals surface area (Å²) in [4.78, 5) is 13.8. The normalized spacial score (nSPS) is 30.1. The minimum atomic E-state index is -1.18. The lowest BCUT2D eigenvalue weighted by Crippen LogP contribution is -2.64. The van der Waals surface area contributed by atoms with Gasteiger partial charge in [-0.3, -0.25) is 4.79 Å². The Bertz CT molecular complexity index is 1680. The van der Waals surface area contributed by atoms with Crippen LogP contribution in [0.25, 0.3) is 0 Å². The molecule has 312 valence electrons. The highest BCUT2D eigenvalue weighted by Crippen LogP contribution is 2.39. The van der Waals surface area contributed by atoms with Crippen LogP contribution in [-0.4, -0.2) is 97.1 Å². The van der Waals surface area contributed by atoms with E-state index >= 15 is 0 Å². The molecule has 1 N–H and O–H groups in total. The molecular formula is C45H60O12. The summed E-state index contributed by atoms with van der Waals surface area (Å²) in [6.45, 7) is 15.3. The SMILES string of the molecule is CC(C)(C)OC1C(COC2OC(COCc3ccccc3)C(OCc3ccccc3)C(OCc3ccccc3)C2OC(=O)C(C)(C)C)OC2OC(C)(C)OC2C1O. The highest BCUT2D eigenvalue weighted by Gasteiger charge is 2.56. The van der Waals surface area contributed by atoms with Crippen molar-refractivity contribution < 1.29 is 57.3 Å². The molecule has 12 nitrogen and oxygen atoms in total.